The number of ether oxygens (including phenoxy) is 1. The van der Waals surface area contributed by atoms with Gasteiger partial charge in [-0.25, -0.2) is 0 Å². The van der Waals surface area contributed by atoms with E-state index in [4.69, 9.17) is 10.5 Å². The molecule has 1 heterocycles. The summed E-state index contributed by atoms with van der Waals surface area (Å²) in [5.74, 6) is 2.17. The maximum Gasteiger partial charge on any atom is 0.0724 e. The van der Waals surface area contributed by atoms with E-state index in [0.717, 1.165) is 12.5 Å². The van der Waals surface area contributed by atoms with Gasteiger partial charge in [0.05, 0.1) is 6.10 Å². The van der Waals surface area contributed by atoms with Crippen molar-refractivity contribution in [1.82, 2.24) is 4.90 Å². The smallest absolute Gasteiger partial charge is 0.0724 e. The number of rotatable bonds is 3. The third-order valence-corrected chi connectivity index (χ3v) is 6.03. The number of nitrogens with two attached hydrogens (primary N) is 1. The molecule has 0 aromatic rings. The summed E-state index contributed by atoms with van der Waals surface area (Å²) < 4.78 is 5.65. The molecule has 21 heavy (non-hydrogen) atoms. The second-order valence-corrected chi connectivity index (χ2v) is 8.60. The highest BCUT2D eigenvalue weighted by Crippen LogP contribution is 2.40. The average molecular weight is 296 g/mol. The van der Waals surface area contributed by atoms with E-state index in [0.29, 0.717) is 29.4 Å². The summed E-state index contributed by atoms with van der Waals surface area (Å²) >= 11 is 0. The van der Waals surface area contributed by atoms with Crippen molar-refractivity contribution in [3.05, 3.63) is 0 Å². The van der Waals surface area contributed by atoms with Crippen molar-refractivity contribution < 1.29 is 4.74 Å². The fourth-order valence-corrected chi connectivity index (χ4v) is 4.19. The number of hydrogen-bond acceptors (Lipinski definition) is 3. The predicted molar refractivity (Wildman–Crippen MR) is 89.3 cm³/mol. The van der Waals surface area contributed by atoms with E-state index in [9.17, 15) is 0 Å². The number of likely N-dealkylation sites (tertiary alicyclic amines) is 1. The summed E-state index contributed by atoms with van der Waals surface area (Å²) in [5.41, 5.74) is 6.86. The molecule has 124 valence electrons. The van der Waals surface area contributed by atoms with Crippen LogP contribution in [0.4, 0.5) is 0 Å². The molecule has 2 fully saturated rings. The topological polar surface area (TPSA) is 38.5 Å². The summed E-state index contributed by atoms with van der Waals surface area (Å²) in [5, 5.41) is 0. The summed E-state index contributed by atoms with van der Waals surface area (Å²) in [6.07, 6.45) is 5.46. The van der Waals surface area contributed by atoms with E-state index in [-0.39, 0.29) is 0 Å². The summed E-state index contributed by atoms with van der Waals surface area (Å²) in [7, 11) is 1.85. The van der Waals surface area contributed by atoms with Crippen LogP contribution in [0.25, 0.3) is 0 Å². The molecule has 0 amide bonds. The van der Waals surface area contributed by atoms with Gasteiger partial charge in [0.25, 0.3) is 0 Å². The SMILES string of the molecule is COC1CN(CC2CC(C(C)(C)C)CCC2N)CCC1C. The standard InChI is InChI=1S/C18H36N2O/c1-13-8-9-20(12-17(13)21-5)11-14-10-15(18(2,3)4)6-7-16(14)19/h13-17H,6-12,19H2,1-5H3. The molecule has 3 heteroatoms. The van der Waals surface area contributed by atoms with E-state index in [1.54, 1.807) is 0 Å². The van der Waals surface area contributed by atoms with Gasteiger partial charge in [0, 0.05) is 26.2 Å². The first-order valence-electron chi connectivity index (χ1n) is 8.82. The van der Waals surface area contributed by atoms with Gasteiger partial charge >= 0.3 is 0 Å². The van der Waals surface area contributed by atoms with Crippen LogP contribution in [0.2, 0.25) is 0 Å². The Morgan fingerprint density at radius 2 is 1.90 bits per heavy atom. The van der Waals surface area contributed by atoms with Crippen molar-refractivity contribution in [1.29, 1.82) is 0 Å². The quantitative estimate of drug-likeness (QED) is 0.869. The molecule has 1 saturated heterocycles. The molecular formula is C18H36N2O. The molecule has 0 spiro atoms. The molecule has 5 atom stereocenters. The van der Waals surface area contributed by atoms with E-state index >= 15 is 0 Å². The van der Waals surface area contributed by atoms with Crippen LogP contribution in [0.15, 0.2) is 0 Å². The Morgan fingerprint density at radius 1 is 1.19 bits per heavy atom. The third-order valence-electron chi connectivity index (χ3n) is 6.03. The van der Waals surface area contributed by atoms with Crippen LogP contribution in [-0.2, 0) is 4.74 Å². The second kappa shape index (κ2) is 6.97. The van der Waals surface area contributed by atoms with Gasteiger partial charge in [-0.2, -0.15) is 0 Å². The lowest BCUT2D eigenvalue weighted by Crippen LogP contribution is -2.50. The van der Waals surface area contributed by atoms with Crippen molar-refractivity contribution in [3.8, 4) is 0 Å². The highest BCUT2D eigenvalue weighted by molar-refractivity contribution is 4.90. The van der Waals surface area contributed by atoms with Crippen LogP contribution in [0.3, 0.4) is 0 Å². The van der Waals surface area contributed by atoms with E-state index in [2.05, 4.69) is 32.6 Å². The molecular weight excluding hydrogens is 260 g/mol. The van der Waals surface area contributed by atoms with Crippen LogP contribution in [0.5, 0.6) is 0 Å². The molecule has 2 aliphatic rings. The summed E-state index contributed by atoms with van der Waals surface area (Å²) in [4.78, 5) is 2.60. The van der Waals surface area contributed by atoms with Crippen molar-refractivity contribution in [2.45, 2.75) is 65.5 Å². The Hall–Kier alpha value is -0.120. The van der Waals surface area contributed by atoms with Crippen molar-refractivity contribution in [2.75, 3.05) is 26.7 Å². The highest BCUT2D eigenvalue weighted by atomic mass is 16.5. The Balaban J connectivity index is 1.91. The third kappa shape index (κ3) is 4.43. The van der Waals surface area contributed by atoms with Gasteiger partial charge in [0.15, 0.2) is 0 Å². The lowest BCUT2D eigenvalue weighted by molar-refractivity contribution is -0.0153. The van der Waals surface area contributed by atoms with Gasteiger partial charge in [-0.15, -0.1) is 0 Å². The van der Waals surface area contributed by atoms with Crippen molar-refractivity contribution in [3.63, 3.8) is 0 Å². The monoisotopic (exact) mass is 296 g/mol. The minimum Gasteiger partial charge on any atom is -0.380 e. The molecule has 0 bridgehead atoms. The molecule has 0 aromatic carbocycles. The van der Waals surface area contributed by atoms with Crippen LogP contribution >= 0.6 is 0 Å². The minimum absolute atomic E-state index is 0.393. The molecule has 1 aliphatic carbocycles. The lowest BCUT2D eigenvalue weighted by atomic mass is 9.67. The van der Waals surface area contributed by atoms with Crippen LogP contribution in [0.1, 0.15) is 53.4 Å². The lowest BCUT2D eigenvalue weighted by Gasteiger charge is -2.44. The molecule has 2 N–H and O–H groups in total. The summed E-state index contributed by atoms with van der Waals surface area (Å²) in [6.45, 7) is 12.9. The van der Waals surface area contributed by atoms with Crippen LogP contribution < -0.4 is 5.73 Å². The Labute approximate surface area is 131 Å². The number of hydrogen-bond donors (Lipinski definition) is 1. The maximum absolute atomic E-state index is 6.44. The summed E-state index contributed by atoms with van der Waals surface area (Å²) in [6, 6.07) is 0.393. The maximum atomic E-state index is 6.44. The normalized spacial score (nSPS) is 39.4. The van der Waals surface area contributed by atoms with Crippen LogP contribution in [0, 0.1) is 23.2 Å². The predicted octanol–water partition coefficient (Wildman–Crippen LogP) is 3.13. The first-order chi connectivity index (χ1) is 9.81. The van der Waals surface area contributed by atoms with Crippen molar-refractivity contribution >= 4 is 0 Å². The Kier molecular flexibility index (Phi) is 5.72. The van der Waals surface area contributed by atoms with Gasteiger partial charge < -0.3 is 15.4 Å². The average Bonchev–Trinajstić information content (AvgIpc) is 2.42. The molecule has 2 rings (SSSR count). The first-order valence-corrected chi connectivity index (χ1v) is 8.82. The Bertz CT molecular complexity index is 326. The molecule has 1 aliphatic heterocycles. The number of piperidine rings is 1. The minimum atomic E-state index is 0.393. The molecule has 3 nitrogen and oxygen atoms in total. The van der Waals surface area contributed by atoms with E-state index < -0.39 is 0 Å². The largest absolute Gasteiger partial charge is 0.380 e. The fourth-order valence-electron chi connectivity index (χ4n) is 4.19. The number of nitrogens with zero attached hydrogens (tertiary/aromatic N) is 1. The molecule has 0 radical (unpaired) electrons. The Morgan fingerprint density at radius 3 is 2.52 bits per heavy atom. The molecule has 1 saturated carbocycles. The highest BCUT2D eigenvalue weighted by Gasteiger charge is 2.36. The zero-order valence-corrected chi connectivity index (χ0v) is 14.8. The molecule has 0 aromatic heterocycles. The van der Waals surface area contributed by atoms with Gasteiger partial charge in [0.1, 0.15) is 0 Å². The van der Waals surface area contributed by atoms with Gasteiger partial charge in [-0.3, -0.25) is 0 Å². The zero-order chi connectivity index (χ0) is 15.6. The second-order valence-electron chi connectivity index (χ2n) is 8.60. The number of methoxy groups -OCH3 is 1. The van der Waals surface area contributed by atoms with E-state index in [1.807, 2.05) is 7.11 Å². The fraction of sp³-hybridized carbons (Fsp3) is 1.00. The van der Waals surface area contributed by atoms with Crippen LogP contribution in [-0.4, -0.2) is 43.8 Å². The van der Waals surface area contributed by atoms with Gasteiger partial charge in [0.2, 0.25) is 0 Å². The van der Waals surface area contributed by atoms with E-state index in [1.165, 1.54) is 38.8 Å². The van der Waals surface area contributed by atoms with Crippen molar-refractivity contribution in [2.24, 2.45) is 28.9 Å². The van der Waals surface area contributed by atoms with Gasteiger partial charge in [-0.05, 0) is 55.4 Å². The first kappa shape index (κ1) is 17.2. The zero-order valence-electron chi connectivity index (χ0n) is 14.8. The van der Waals surface area contributed by atoms with Gasteiger partial charge in [-0.1, -0.05) is 27.7 Å². The molecule has 5 unspecified atom stereocenters.